The van der Waals surface area contributed by atoms with Gasteiger partial charge in [-0.1, -0.05) is 18.2 Å². The van der Waals surface area contributed by atoms with Crippen LogP contribution in [0.4, 0.5) is 16.3 Å². The number of hydrogen-bond acceptors (Lipinski definition) is 6. The standard InChI is InChI=1S/C23H25N5O4/c1-31-19-9-8-17(16-20(19)32-2)24-23(30)27-14-12-26(13-15-27)21-10-11-22(29)28(25-21)18-6-4-3-5-7-18/h3-11,16H,12-15H2,1-2H3,(H,24,30). The third-order valence-electron chi connectivity index (χ3n) is 5.31. The Morgan fingerprint density at radius 2 is 1.62 bits per heavy atom. The number of aromatic nitrogens is 2. The van der Waals surface area contributed by atoms with Gasteiger partial charge in [0.1, 0.15) is 5.82 Å². The van der Waals surface area contributed by atoms with E-state index in [0.29, 0.717) is 54.9 Å². The molecule has 0 radical (unpaired) electrons. The van der Waals surface area contributed by atoms with Crippen LogP contribution in [-0.2, 0) is 0 Å². The number of amides is 2. The molecule has 1 aliphatic rings. The number of nitrogens with zero attached hydrogens (tertiary/aromatic N) is 4. The monoisotopic (exact) mass is 435 g/mol. The highest BCUT2D eigenvalue weighted by atomic mass is 16.5. The van der Waals surface area contributed by atoms with E-state index in [-0.39, 0.29) is 11.6 Å². The lowest BCUT2D eigenvalue weighted by molar-refractivity contribution is 0.208. The molecule has 4 rings (SSSR count). The first kappa shape index (κ1) is 21.2. The van der Waals surface area contributed by atoms with E-state index in [1.807, 2.05) is 30.3 Å². The molecule has 0 spiro atoms. The quantitative estimate of drug-likeness (QED) is 0.663. The summed E-state index contributed by atoms with van der Waals surface area (Å²) in [7, 11) is 3.12. The van der Waals surface area contributed by atoms with Crippen molar-refractivity contribution in [2.24, 2.45) is 0 Å². The number of carbonyl (C=O) groups is 1. The van der Waals surface area contributed by atoms with Gasteiger partial charge in [-0.15, -0.1) is 5.10 Å². The van der Waals surface area contributed by atoms with Crippen LogP contribution in [0.2, 0.25) is 0 Å². The van der Waals surface area contributed by atoms with E-state index in [2.05, 4.69) is 15.3 Å². The molecule has 9 heteroatoms. The van der Waals surface area contributed by atoms with E-state index in [9.17, 15) is 9.59 Å². The zero-order valence-corrected chi connectivity index (χ0v) is 18.0. The minimum atomic E-state index is -0.187. The fraction of sp³-hybridized carbons (Fsp3) is 0.261. The van der Waals surface area contributed by atoms with Gasteiger partial charge in [0, 0.05) is 44.0 Å². The Morgan fingerprint density at radius 3 is 2.31 bits per heavy atom. The largest absolute Gasteiger partial charge is 0.493 e. The van der Waals surface area contributed by atoms with Gasteiger partial charge in [0.25, 0.3) is 5.56 Å². The topological polar surface area (TPSA) is 88.9 Å². The molecule has 1 aromatic heterocycles. The molecular formula is C23H25N5O4. The Kier molecular flexibility index (Phi) is 6.25. The van der Waals surface area contributed by atoms with Crippen LogP contribution < -0.4 is 25.2 Å². The Balaban J connectivity index is 1.40. The maximum atomic E-state index is 12.7. The predicted molar refractivity (Wildman–Crippen MR) is 122 cm³/mol. The van der Waals surface area contributed by atoms with Crippen LogP contribution in [-0.4, -0.2) is 61.1 Å². The molecule has 1 aliphatic heterocycles. The average molecular weight is 435 g/mol. The van der Waals surface area contributed by atoms with Gasteiger partial charge in [-0.05, 0) is 30.3 Å². The fourth-order valence-corrected chi connectivity index (χ4v) is 3.58. The molecule has 0 saturated carbocycles. The second-order valence-corrected chi connectivity index (χ2v) is 7.25. The summed E-state index contributed by atoms with van der Waals surface area (Å²) in [5.41, 5.74) is 1.16. The van der Waals surface area contributed by atoms with Crippen molar-refractivity contribution in [3.8, 4) is 17.2 Å². The number of anilines is 2. The Morgan fingerprint density at radius 1 is 0.906 bits per heavy atom. The van der Waals surface area contributed by atoms with Gasteiger partial charge in [-0.3, -0.25) is 4.79 Å². The van der Waals surface area contributed by atoms with Crippen LogP contribution in [0.15, 0.2) is 65.5 Å². The number of benzene rings is 2. The summed E-state index contributed by atoms with van der Waals surface area (Å²) in [6.07, 6.45) is 0. The number of methoxy groups -OCH3 is 2. The van der Waals surface area contributed by atoms with Crippen LogP contribution in [0.1, 0.15) is 0 Å². The van der Waals surface area contributed by atoms with E-state index in [1.165, 1.54) is 10.7 Å². The third kappa shape index (κ3) is 4.51. The number of para-hydroxylation sites is 1. The number of carbonyl (C=O) groups excluding carboxylic acids is 1. The van der Waals surface area contributed by atoms with Crippen LogP contribution in [0.25, 0.3) is 5.69 Å². The molecule has 1 saturated heterocycles. The van der Waals surface area contributed by atoms with Crippen molar-refractivity contribution in [2.45, 2.75) is 0 Å². The van der Waals surface area contributed by atoms with E-state index in [4.69, 9.17) is 9.47 Å². The lowest BCUT2D eigenvalue weighted by atomic mass is 10.2. The minimum Gasteiger partial charge on any atom is -0.493 e. The zero-order valence-electron chi connectivity index (χ0n) is 18.0. The molecule has 0 aliphatic carbocycles. The number of nitrogens with one attached hydrogen (secondary N) is 1. The van der Waals surface area contributed by atoms with Gasteiger partial charge in [0.15, 0.2) is 11.5 Å². The normalized spacial score (nSPS) is 13.6. The Labute approximate surface area is 185 Å². The van der Waals surface area contributed by atoms with E-state index >= 15 is 0 Å². The molecule has 2 aromatic carbocycles. The number of urea groups is 1. The first-order valence-corrected chi connectivity index (χ1v) is 10.3. The summed E-state index contributed by atoms with van der Waals surface area (Å²) in [6.45, 7) is 2.29. The van der Waals surface area contributed by atoms with Crippen molar-refractivity contribution in [3.05, 3.63) is 71.0 Å². The lowest BCUT2D eigenvalue weighted by Crippen LogP contribution is -2.50. The van der Waals surface area contributed by atoms with Gasteiger partial charge in [-0.25, -0.2) is 4.79 Å². The van der Waals surface area contributed by atoms with Crippen LogP contribution in [0, 0.1) is 0 Å². The average Bonchev–Trinajstić information content (AvgIpc) is 2.85. The van der Waals surface area contributed by atoms with Gasteiger partial charge in [0.05, 0.1) is 19.9 Å². The van der Waals surface area contributed by atoms with Crippen LogP contribution in [0.5, 0.6) is 11.5 Å². The smallest absolute Gasteiger partial charge is 0.321 e. The molecule has 9 nitrogen and oxygen atoms in total. The molecule has 1 fully saturated rings. The first-order valence-electron chi connectivity index (χ1n) is 10.3. The van der Waals surface area contributed by atoms with E-state index < -0.39 is 0 Å². The third-order valence-corrected chi connectivity index (χ3v) is 5.31. The molecule has 3 aromatic rings. The fourth-order valence-electron chi connectivity index (χ4n) is 3.58. The molecular weight excluding hydrogens is 410 g/mol. The van der Waals surface area contributed by atoms with Crippen molar-refractivity contribution in [2.75, 3.05) is 50.6 Å². The second kappa shape index (κ2) is 9.42. The number of ether oxygens (including phenoxy) is 2. The Bertz CT molecular complexity index is 1140. The Hall–Kier alpha value is -4.01. The summed E-state index contributed by atoms with van der Waals surface area (Å²) in [4.78, 5) is 28.8. The van der Waals surface area contributed by atoms with Crippen LogP contribution >= 0.6 is 0 Å². The molecule has 1 N–H and O–H groups in total. The summed E-state index contributed by atoms with van der Waals surface area (Å²) in [5, 5.41) is 7.43. The van der Waals surface area contributed by atoms with Crippen molar-refractivity contribution in [3.63, 3.8) is 0 Å². The first-order chi connectivity index (χ1) is 15.6. The molecule has 0 bridgehead atoms. The highest BCUT2D eigenvalue weighted by Gasteiger charge is 2.23. The predicted octanol–water partition coefficient (Wildman–Crippen LogP) is 2.60. The maximum Gasteiger partial charge on any atom is 0.321 e. The zero-order chi connectivity index (χ0) is 22.5. The van der Waals surface area contributed by atoms with E-state index in [0.717, 1.165) is 0 Å². The minimum absolute atomic E-state index is 0.181. The summed E-state index contributed by atoms with van der Waals surface area (Å²) in [6, 6.07) is 17.6. The van der Waals surface area contributed by atoms with E-state index in [1.54, 1.807) is 43.4 Å². The van der Waals surface area contributed by atoms with Crippen LogP contribution in [0.3, 0.4) is 0 Å². The molecule has 2 amide bonds. The highest BCUT2D eigenvalue weighted by molar-refractivity contribution is 5.90. The number of rotatable bonds is 5. The van der Waals surface area contributed by atoms with Crippen molar-refractivity contribution < 1.29 is 14.3 Å². The summed E-state index contributed by atoms with van der Waals surface area (Å²) in [5.74, 6) is 1.85. The molecule has 0 unspecified atom stereocenters. The van der Waals surface area contributed by atoms with Crippen molar-refractivity contribution in [1.29, 1.82) is 0 Å². The van der Waals surface area contributed by atoms with Gasteiger partial charge in [-0.2, -0.15) is 4.68 Å². The SMILES string of the molecule is COc1ccc(NC(=O)N2CCN(c3ccc(=O)n(-c4ccccc4)n3)CC2)cc1OC. The molecule has 2 heterocycles. The maximum absolute atomic E-state index is 12.7. The number of piperazine rings is 1. The molecule has 0 atom stereocenters. The van der Waals surface area contributed by atoms with Gasteiger partial charge < -0.3 is 24.6 Å². The van der Waals surface area contributed by atoms with Gasteiger partial charge in [0.2, 0.25) is 0 Å². The van der Waals surface area contributed by atoms with Crippen molar-refractivity contribution >= 4 is 17.5 Å². The molecule has 32 heavy (non-hydrogen) atoms. The second-order valence-electron chi connectivity index (χ2n) is 7.25. The summed E-state index contributed by atoms with van der Waals surface area (Å²) < 4.78 is 11.9. The lowest BCUT2D eigenvalue weighted by Gasteiger charge is -2.35. The van der Waals surface area contributed by atoms with Crippen molar-refractivity contribution in [1.82, 2.24) is 14.7 Å². The van der Waals surface area contributed by atoms with Gasteiger partial charge >= 0.3 is 6.03 Å². The highest BCUT2D eigenvalue weighted by Crippen LogP contribution is 2.29. The summed E-state index contributed by atoms with van der Waals surface area (Å²) >= 11 is 0. The number of hydrogen-bond donors (Lipinski definition) is 1. The molecule has 166 valence electrons.